The first-order valence-electron chi connectivity index (χ1n) is 6.78. The maximum absolute atomic E-state index is 11.8. The SMILES string of the molecule is CCc1nc(CC)n(CCC(=O)Nc2cc(C)on2)n1. The average molecular weight is 277 g/mol. The summed E-state index contributed by atoms with van der Waals surface area (Å²) in [6, 6.07) is 1.68. The second kappa shape index (κ2) is 6.31. The van der Waals surface area contributed by atoms with Gasteiger partial charge in [-0.3, -0.25) is 4.79 Å². The molecule has 20 heavy (non-hydrogen) atoms. The van der Waals surface area contributed by atoms with Gasteiger partial charge in [0, 0.05) is 25.3 Å². The molecule has 0 aromatic carbocycles. The predicted octanol–water partition coefficient (Wildman–Crippen LogP) is 1.73. The third-order valence-electron chi connectivity index (χ3n) is 2.87. The van der Waals surface area contributed by atoms with Crippen molar-refractivity contribution in [2.45, 2.75) is 46.6 Å². The Kier molecular flexibility index (Phi) is 4.49. The molecule has 0 saturated carbocycles. The lowest BCUT2D eigenvalue weighted by Gasteiger charge is -2.04. The molecule has 0 spiro atoms. The molecule has 1 N–H and O–H groups in total. The van der Waals surface area contributed by atoms with Crippen LogP contribution >= 0.6 is 0 Å². The first-order chi connectivity index (χ1) is 9.62. The molecule has 7 heteroatoms. The predicted molar refractivity (Wildman–Crippen MR) is 73.3 cm³/mol. The lowest BCUT2D eigenvalue weighted by molar-refractivity contribution is -0.116. The lowest BCUT2D eigenvalue weighted by Crippen LogP contribution is -2.16. The van der Waals surface area contributed by atoms with Crippen molar-refractivity contribution in [3.8, 4) is 0 Å². The highest BCUT2D eigenvalue weighted by Crippen LogP contribution is 2.08. The monoisotopic (exact) mass is 277 g/mol. The molecule has 2 rings (SSSR count). The molecule has 7 nitrogen and oxygen atoms in total. The summed E-state index contributed by atoms with van der Waals surface area (Å²) in [6.45, 7) is 6.33. The zero-order valence-electron chi connectivity index (χ0n) is 12.0. The molecule has 0 unspecified atom stereocenters. The van der Waals surface area contributed by atoms with Crippen LogP contribution < -0.4 is 5.32 Å². The van der Waals surface area contributed by atoms with Crippen molar-refractivity contribution in [3.05, 3.63) is 23.5 Å². The summed E-state index contributed by atoms with van der Waals surface area (Å²) in [5, 5.41) is 10.8. The Balaban J connectivity index is 1.91. The Morgan fingerprint density at radius 3 is 2.80 bits per heavy atom. The standard InChI is InChI=1S/C13H19N5O2/c1-4-10-14-12(5-2)18(16-10)7-6-13(19)15-11-8-9(3)20-17-11/h8H,4-7H2,1-3H3,(H,15,17,19). The molecule has 0 saturated heterocycles. The molecule has 0 aliphatic rings. The maximum atomic E-state index is 11.8. The first kappa shape index (κ1) is 14.2. The van der Waals surface area contributed by atoms with Gasteiger partial charge in [0.1, 0.15) is 11.6 Å². The van der Waals surface area contributed by atoms with Crippen LogP contribution in [0.3, 0.4) is 0 Å². The number of anilines is 1. The first-order valence-corrected chi connectivity index (χ1v) is 6.78. The van der Waals surface area contributed by atoms with Crippen molar-refractivity contribution >= 4 is 11.7 Å². The van der Waals surface area contributed by atoms with Crippen LogP contribution in [0.4, 0.5) is 5.82 Å². The van der Waals surface area contributed by atoms with Gasteiger partial charge in [0.2, 0.25) is 5.91 Å². The van der Waals surface area contributed by atoms with Crippen molar-refractivity contribution in [2.75, 3.05) is 5.32 Å². The van der Waals surface area contributed by atoms with Crippen molar-refractivity contribution in [1.29, 1.82) is 0 Å². The van der Waals surface area contributed by atoms with Crippen LogP contribution in [-0.2, 0) is 24.2 Å². The van der Waals surface area contributed by atoms with E-state index in [4.69, 9.17) is 4.52 Å². The number of carbonyl (C=O) groups excluding carboxylic acids is 1. The minimum absolute atomic E-state index is 0.117. The maximum Gasteiger partial charge on any atom is 0.227 e. The fraction of sp³-hybridized carbons (Fsp3) is 0.538. The Morgan fingerprint density at radius 2 is 2.20 bits per heavy atom. The quantitative estimate of drug-likeness (QED) is 0.869. The molecule has 0 fully saturated rings. The van der Waals surface area contributed by atoms with Crippen LogP contribution in [0.5, 0.6) is 0 Å². The van der Waals surface area contributed by atoms with E-state index in [0.717, 1.165) is 24.5 Å². The molecule has 0 aliphatic heterocycles. The van der Waals surface area contributed by atoms with Gasteiger partial charge >= 0.3 is 0 Å². The van der Waals surface area contributed by atoms with Gasteiger partial charge < -0.3 is 9.84 Å². The lowest BCUT2D eigenvalue weighted by atomic mass is 10.3. The third-order valence-corrected chi connectivity index (χ3v) is 2.87. The van der Waals surface area contributed by atoms with Gasteiger partial charge in [-0.2, -0.15) is 5.10 Å². The molecule has 2 aromatic rings. The van der Waals surface area contributed by atoms with Gasteiger partial charge in [0.15, 0.2) is 11.6 Å². The van der Waals surface area contributed by atoms with Gasteiger partial charge in [0.25, 0.3) is 0 Å². The van der Waals surface area contributed by atoms with Gasteiger partial charge in [-0.15, -0.1) is 0 Å². The topological polar surface area (TPSA) is 85.8 Å². The molecule has 2 aromatic heterocycles. The van der Waals surface area contributed by atoms with E-state index < -0.39 is 0 Å². The molecule has 1 amide bonds. The van der Waals surface area contributed by atoms with E-state index in [1.54, 1.807) is 17.7 Å². The Bertz CT molecular complexity index is 587. The molecule has 108 valence electrons. The zero-order valence-corrected chi connectivity index (χ0v) is 12.0. The summed E-state index contributed by atoms with van der Waals surface area (Å²) >= 11 is 0. The summed E-state index contributed by atoms with van der Waals surface area (Å²) in [5.41, 5.74) is 0. The highest BCUT2D eigenvalue weighted by Gasteiger charge is 2.10. The molecule has 0 atom stereocenters. The minimum atomic E-state index is -0.117. The Morgan fingerprint density at radius 1 is 1.40 bits per heavy atom. The van der Waals surface area contributed by atoms with E-state index in [-0.39, 0.29) is 5.91 Å². The second-order valence-electron chi connectivity index (χ2n) is 4.50. The Hall–Kier alpha value is -2.18. The fourth-order valence-corrected chi connectivity index (χ4v) is 1.85. The summed E-state index contributed by atoms with van der Waals surface area (Å²) in [6.07, 6.45) is 1.92. The van der Waals surface area contributed by atoms with Crippen LogP contribution in [0, 0.1) is 6.92 Å². The van der Waals surface area contributed by atoms with Crippen LogP contribution in [-0.4, -0.2) is 25.8 Å². The highest BCUT2D eigenvalue weighted by molar-refractivity contribution is 5.89. The largest absolute Gasteiger partial charge is 0.360 e. The number of aryl methyl sites for hydroxylation is 4. The van der Waals surface area contributed by atoms with E-state index in [9.17, 15) is 4.79 Å². The van der Waals surface area contributed by atoms with Crippen LogP contribution in [0.2, 0.25) is 0 Å². The summed E-state index contributed by atoms with van der Waals surface area (Å²) < 4.78 is 6.69. The van der Waals surface area contributed by atoms with Crippen molar-refractivity contribution < 1.29 is 9.32 Å². The number of hydrogen-bond donors (Lipinski definition) is 1. The number of rotatable bonds is 6. The van der Waals surface area contributed by atoms with Gasteiger partial charge in [0.05, 0.1) is 6.54 Å². The minimum Gasteiger partial charge on any atom is -0.360 e. The number of carbonyl (C=O) groups is 1. The fourth-order valence-electron chi connectivity index (χ4n) is 1.85. The average Bonchev–Trinajstić information content (AvgIpc) is 3.02. The molecule has 0 radical (unpaired) electrons. The van der Waals surface area contributed by atoms with Crippen LogP contribution in [0.1, 0.15) is 37.7 Å². The third kappa shape index (κ3) is 3.43. The highest BCUT2D eigenvalue weighted by atomic mass is 16.5. The number of hydrogen-bond acceptors (Lipinski definition) is 5. The van der Waals surface area contributed by atoms with E-state index in [2.05, 4.69) is 20.6 Å². The van der Waals surface area contributed by atoms with Crippen molar-refractivity contribution in [3.63, 3.8) is 0 Å². The van der Waals surface area contributed by atoms with Gasteiger partial charge in [-0.05, 0) is 6.92 Å². The second-order valence-corrected chi connectivity index (χ2v) is 4.50. The number of nitrogens with zero attached hydrogens (tertiary/aromatic N) is 4. The van der Waals surface area contributed by atoms with Crippen molar-refractivity contribution in [2.24, 2.45) is 0 Å². The van der Waals surface area contributed by atoms with Crippen molar-refractivity contribution in [1.82, 2.24) is 19.9 Å². The zero-order chi connectivity index (χ0) is 14.5. The molecule has 0 bridgehead atoms. The molecular formula is C13H19N5O2. The summed E-state index contributed by atoms with van der Waals surface area (Å²) in [5.74, 6) is 2.71. The van der Waals surface area contributed by atoms with E-state index in [1.807, 2.05) is 13.8 Å². The summed E-state index contributed by atoms with van der Waals surface area (Å²) in [7, 11) is 0. The normalized spacial score (nSPS) is 10.8. The van der Waals surface area contributed by atoms with Crippen LogP contribution in [0.25, 0.3) is 0 Å². The van der Waals surface area contributed by atoms with Crippen LogP contribution in [0.15, 0.2) is 10.6 Å². The Labute approximate surface area is 117 Å². The number of nitrogens with one attached hydrogen (secondary N) is 1. The number of amides is 1. The molecule has 2 heterocycles. The smallest absolute Gasteiger partial charge is 0.227 e. The van der Waals surface area contributed by atoms with E-state index in [1.165, 1.54) is 0 Å². The number of aromatic nitrogens is 4. The molecular weight excluding hydrogens is 258 g/mol. The van der Waals surface area contributed by atoms with Gasteiger partial charge in [-0.25, -0.2) is 9.67 Å². The summed E-state index contributed by atoms with van der Waals surface area (Å²) in [4.78, 5) is 16.2. The van der Waals surface area contributed by atoms with E-state index >= 15 is 0 Å². The van der Waals surface area contributed by atoms with E-state index in [0.29, 0.717) is 24.5 Å². The van der Waals surface area contributed by atoms with Gasteiger partial charge in [-0.1, -0.05) is 19.0 Å². The molecule has 0 aliphatic carbocycles.